The summed E-state index contributed by atoms with van der Waals surface area (Å²) in [6.45, 7) is 1.70. The van der Waals surface area contributed by atoms with Crippen LogP contribution in [0.2, 0.25) is 5.15 Å². The van der Waals surface area contributed by atoms with Gasteiger partial charge in [-0.05, 0) is 34.3 Å². The molecular weight excluding hydrogens is 420 g/mol. The van der Waals surface area contributed by atoms with Crippen molar-refractivity contribution < 1.29 is 19.4 Å². The average Bonchev–Trinajstić information content (AvgIpc) is 3.12. The molecule has 0 saturated carbocycles. The molecule has 2 N–H and O–H groups in total. The molecule has 1 amide bonds. The summed E-state index contributed by atoms with van der Waals surface area (Å²) in [5.74, 6) is 0.266. The lowest BCUT2D eigenvalue weighted by molar-refractivity contribution is 0.171. The van der Waals surface area contributed by atoms with E-state index in [2.05, 4.69) is 20.9 Å². The summed E-state index contributed by atoms with van der Waals surface area (Å²) in [6.07, 6.45) is -2.02. The molecule has 9 heteroatoms. The molecule has 0 aliphatic rings. The number of thiophene rings is 1. The van der Waals surface area contributed by atoms with Crippen molar-refractivity contribution in [3.63, 3.8) is 0 Å². The molecule has 24 heavy (non-hydrogen) atoms. The van der Waals surface area contributed by atoms with Gasteiger partial charge in [-0.25, -0.2) is 9.78 Å². The molecule has 1 unspecified atom stereocenters. The summed E-state index contributed by atoms with van der Waals surface area (Å²) in [5.41, 5.74) is 0.894. The maximum Gasteiger partial charge on any atom is 0.412 e. The molecule has 1 atom stereocenters. The summed E-state index contributed by atoms with van der Waals surface area (Å²) in [6, 6.07) is 5.14. The van der Waals surface area contributed by atoms with Crippen LogP contribution in [0.3, 0.4) is 0 Å². The minimum Gasteiger partial charge on any atom is -0.465 e. The van der Waals surface area contributed by atoms with Gasteiger partial charge >= 0.3 is 6.09 Å². The van der Waals surface area contributed by atoms with Crippen molar-refractivity contribution in [2.75, 3.05) is 4.90 Å². The number of aromatic nitrogens is 1. The SMILES string of the molecule is CC(O)c1oc2c(N(Cc3cccs3)C(=O)O)cc(Cl)nc2c1Br. The van der Waals surface area contributed by atoms with Crippen molar-refractivity contribution in [1.82, 2.24) is 4.98 Å². The Bertz CT molecular complexity index is 895. The van der Waals surface area contributed by atoms with E-state index in [0.717, 1.165) is 9.78 Å². The van der Waals surface area contributed by atoms with Crippen LogP contribution in [-0.4, -0.2) is 21.3 Å². The van der Waals surface area contributed by atoms with Gasteiger partial charge in [0, 0.05) is 10.9 Å². The average molecular weight is 432 g/mol. The number of fused-ring (bicyclic) bond motifs is 1. The van der Waals surface area contributed by atoms with E-state index in [0.29, 0.717) is 9.99 Å². The van der Waals surface area contributed by atoms with Gasteiger partial charge in [-0.3, -0.25) is 4.90 Å². The Morgan fingerprint density at radius 2 is 2.33 bits per heavy atom. The number of carbonyl (C=O) groups is 1. The Labute approximate surface area is 154 Å². The van der Waals surface area contributed by atoms with Gasteiger partial charge in [0.25, 0.3) is 0 Å². The Morgan fingerprint density at radius 3 is 2.92 bits per heavy atom. The third-order valence-corrected chi connectivity index (χ3v) is 5.17. The Kier molecular flexibility index (Phi) is 4.82. The quantitative estimate of drug-likeness (QED) is 0.565. The van der Waals surface area contributed by atoms with E-state index in [4.69, 9.17) is 16.0 Å². The monoisotopic (exact) mass is 430 g/mol. The van der Waals surface area contributed by atoms with Gasteiger partial charge in [0.05, 0.1) is 16.7 Å². The number of aliphatic hydroxyl groups is 1. The molecule has 0 fully saturated rings. The maximum absolute atomic E-state index is 11.8. The van der Waals surface area contributed by atoms with Crippen LogP contribution in [0.5, 0.6) is 0 Å². The second kappa shape index (κ2) is 6.72. The van der Waals surface area contributed by atoms with E-state index in [9.17, 15) is 15.0 Å². The zero-order chi connectivity index (χ0) is 17.4. The van der Waals surface area contributed by atoms with Crippen molar-refractivity contribution in [2.45, 2.75) is 19.6 Å². The number of hydrogen-bond acceptors (Lipinski definition) is 5. The molecule has 0 aromatic carbocycles. The van der Waals surface area contributed by atoms with E-state index in [1.807, 2.05) is 17.5 Å². The number of hydrogen-bond donors (Lipinski definition) is 2. The minimum atomic E-state index is -1.14. The number of aliphatic hydroxyl groups excluding tert-OH is 1. The lowest BCUT2D eigenvalue weighted by Crippen LogP contribution is -2.28. The highest BCUT2D eigenvalue weighted by molar-refractivity contribution is 9.10. The molecule has 6 nitrogen and oxygen atoms in total. The van der Waals surface area contributed by atoms with Gasteiger partial charge in [-0.2, -0.15) is 0 Å². The van der Waals surface area contributed by atoms with Gasteiger partial charge in [0.15, 0.2) is 5.58 Å². The number of halogens is 2. The summed E-state index contributed by atoms with van der Waals surface area (Å²) in [7, 11) is 0. The summed E-state index contributed by atoms with van der Waals surface area (Å²) >= 11 is 10.8. The third kappa shape index (κ3) is 3.14. The number of furan rings is 1. The fraction of sp³-hybridized carbons (Fsp3) is 0.200. The number of pyridine rings is 1. The molecule has 0 spiro atoms. The fourth-order valence-corrected chi connectivity index (χ4v) is 3.86. The molecule has 126 valence electrons. The highest BCUT2D eigenvalue weighted by atomic mass is 79.9. The van der Waals surface area contributed by atoms with Crippen molar-refractivity contribution in [1.29, 1.82) is 0 Å². The Hall–Kier alpha value is -1.61. The van der Waals surface area contributed by atoms with Crippen LogP contribution in [0, 0.1) is 0 Å². The van der Waals surface area contributed by atoms with E-state index >= 15 is 0 Å². The molecule has 0 saturated heterocycles. The standard InChI is InChI=1S/C15H12BrClN2O4S/c1-7(20)13-11(16)12-14(23-13)9(5-10(17)18-12)19(15(21)22)6-8-3-2-4-24-8/h2-5,7,20H,6H2,1H3,(H,21,22). The largest absolute Gasteiger partial charge is 0.465 e. The van der Waals surface area contributed by atoms with Gasteiger partial charge in [0.2, 0.25) is 0 Å². The van der Waals surface area contributed by atoms with Crippen molar-refractivity contribution in [3.05, 3.63) is 43.8 Å². The van der Waals surface area contributed by atoms with E-state index in [1.165, 1.54) is 17.4 Å². The summed E-state index contributed by atoms with van der Waals surface area (Å²) in [5, 5.41) is 21.4. The van der Waals surface area contributed by atoms with Crippen LogP contribution >= 0.6 is 38.9 Å². The number of anilines is 1. The minimum absolute atomic E-state index is 0.133. The van der Waals surface area contributed by atoms with Crippen LogP contribution in [0.25, 0.3) is 11.1 Å². The zero-order valence-corrected chi connectivity index (χ0v) is 15.5. The van der Waals surface area contributed by atoms with E-state index in [-0.39, 0.29) is 28.7 Å². The lowest BCUT2D eigenvalue weighted by Gasteiger charge is -2.18. The number of carboxylic acid groups (broad SMARTS) is 1. The summed E-state index contributed by atoms with van der Waals surface area (Å²) in [4.78, 5) is 18.0. The van der Waals surface area contributed by atoms with Crippen LogP contribution in [-0.2, 0) is 6.54 Å². The highest BCUT2D eigenvalue weighted by Gasteiger charge is 2.25. The third-order valence-electron chi connectivity index (χ3n) is 3.35. The molecular formula is C15H12BrClN2O4S. The van der Waals surface area contributed by atoms with E-state index in [1.54, 1.807) is 6.92 Å². The Balaban J connectivity index is 2.18. The molecule has 3 rings (SSSR count). The topological polar surface area (TPSA) is 86.8 Å². The molecule has 0 aliphatic heterocycles. The zero-order valence-electron chi connectivity index (χ0n) is 12.4. The second-order valence-electron chi connectivity index (χ2n) is 5.05. The van der Waals surface area contributed by atoms with E-state index < -0.39 is 12.2 Å². The number of amides is 1. The first kappa shape index (κ1) is 17.2. The van der Waals surface area contributed by atoms with Gasteiger partial charge in [-0.15, -0.1) is 11.3 Å². The molecule has 3 aromatic rings. The van der Waals surface area contributed by atoms with Gasteiger partial charge in [0.1, 0.15) is 22.5 Å². The number of rotatable bonds is 4. The first-order valence-corrected chi connectivity index (χ1v) is 8.93. The lowest BCUT2D eigenvalue weighted by atomic mass is 10.2. The highest BCUT2D eigenvalue weighted by Crippen LogP contribution is 2.39. The predicted octanol–water partition coefficient (Wildman–Crippen LogP) is 5.04. The van der Waals surface area contributed by atoms with Crippen molar-refractivity contribution in [2.24, 2.45) is 0 Å². The van der Waals surface area contributed by atoms with Gasteiger partial charge in [-0.1, -0.05) is 17.7 Å². The predicted molar refractivity (Wildman–Crippen MR) is 95.9 cm³/mol. The first-order chi connectivity index (χ1) is 11.4. The normalized spacial score (nSPS) is 12.5. The smallest absolute Gasteiger partial charge is 0.412 e. The number of nitrogens with zero attached hydrogens (tertiary/aromatic N) is 2. The molecule has 0 bridgehead atoms. The Morgan fingerprint density at radius 1 is 1.58 bits per heavy atom. The summed E-state index contributed by atoms with van der Waals surface area (Å²) < 4.78 is 6.13. The maximum atomic E-state index is 11.8. The first-order valence-electron chi connectivity index (χ1n) is 6.87. The molecule has 3 heterocycles. The molecule has 0 aliphatic carbocycles. The van der Waals surface area contributed by atoms with Crippen molar-refractivity contribution in [3.8, 4) is 0 Å². The fourth-order valence-electron chi connectivity index (χ4n) is 2.29. The van der Waals surface area contributed by atoms with Crippen molar-refractivity contribution >= 4 is 61.7 Å². The van der Waals surface area contributed by atoms with Gasteiger partial charge < -0.3 is 14.6 Å². The van der Waals surface area contributed by atoms with Crippen LogP contribution in [0.4, 0.5) is 10.5 Å². The molecule has 0 radical (unpaired) electrons. The molecule has 3 aromatic heterocycles. The van der Waals surface area contributed by atoms with Crippen LogP contribution in [0.15, 0.2) is 32.5 Å². The van der Waals surface area contributed by atoms with Crippen LogP contribution < -0.4 is 4.90 Å². The van der Waals surface area contributed by atoms with Crippen LogP contribution in [0.1, 0.15) is 23.7 Å². The second-order valence-corrected chi connectivity index (χ2v) is 7.26.